The van der Waals surface area contributed by atoms with Crippen LogP contribution in [0.15, 0.2) is 48.5 Å². The highest BCUT2D eigenvalue weighted by Gasteiger charge is 2.31. The molecule has 0 heterocycles. The Balaban J connectivity index is 2.14. The van der Waals surface area contributed by atoms with Gasteiger partial charge in [0.05, 0.1) is 12.1 Å². The van der Waals surface area contributed by atoms with E-state index in [4.69, 9.17) is 21.1 Å². The van der Waals surface area contributed by atoms with Crippen LogP contribution in [0, 0.1) is 5.92 Å². The van der Waals surface area contributed by atoms with E-state index in [9.17, 15) is 22.8 Å². The molecular weight excluding hydrogens is 423 g/mol. The fourth-order valence-corrected chi connectivity index (χ4v) is 2.50. The summed E-state index contributed by atoms with van der Waals surface area (Å²) < 4.78 is 49.6. The van der Waals surface area contributed by atoms with Gasteiger partial charge in [-0.25, -0.2) is 4.79 Å². The highest BCUT2D eigenvalue weighted by atomic mass is 35.5. The van der Waals surface area contributed by atoms with Crippen LogP contribution in [0.1, 0.15) is 31.1 Å². The van der Waals surface area contributed by atoms with Gasteiger partial charge >= 0.3 is 12.1 Å². The average Bonchev–Trinajstić information content (AvgIpc) is 2.69. The summed E-state index contributed by atoms with van der Waals surface area (Å²) >= 11 is 5.86. The molecule has 30 heavy (non-hydrogen) atoms. The summed E-state index contributed by atoms with van der Waals surface area (Å²) in [6.45, 7) is 3.43. The number of carbonyl (C=O) groups excluding carboxylic acids is 2. The van der Waals surface area contributed by atoms with E-state index >= 15 is 0 Å². The van der Waals surface area contributed by atoms with Gasteiger partial charge in [-0.2, -0.15) is 13.2 Å². The first-order valence-electron chi connectivity index (χ1n) is 9.11. The summed E-state index contributed by atoms with van der Waals surface area (Å²) in [5, 5.41) is 3.02. The van der Waals surface area contributed by atoms with Crippen LogP contribution in [0.4, 0.5) is 13.2 Å². The highest BCUT2D eigenvalue weighted by Crippen LogP contribution is 2.33. The fraction of sp³-hybridized carbons (Fsp3) is 0.333. The zero-order valence-corrected chi connectivity index (χ0v) is 17.1. The van der Waals surface area contributed by atoms with Crippen LogP contribution in [-0.2, 0) is 20.5 Å². The van der Waals surface area contributed by atoms with Gasteiger partial charge < -0.3 is 14.8 Å². The number of rotatable bonds is 8. The van der Waals surface area contributed by atoms with Gasteiger partial charge in [-0.3, -0.25) is 4.79 Å². The normalized spacial score (nSPS) is 12.4. The standard InChI is InChI=1S/C21H21ClF3NO4/c1-13(2)19(27)26-10-11-29-20(28)18(14-6-8-16(22)9-7-14)30-17-5-3-4-15(12-17)21(23,24)25/h3-9,12-13,18H,10-11H2,1-2H3,(H,26,27). The van der Waals surface area contributed by atoms with Gasteiger partial charge in [-0.05, 0) is 30.3 Å². The molecule has 0 fully saturated rings. The van der Waals surface area contributed by atoms with Gasteiger partial charge in [0.25, 0.3) is 0 Å². The maximum Gasteiger partial charge on any atom is 0.416 e. The maximum atomic E-state index is 13.0. The Labute approximate surface area is 177 Å². The average molecular weight is 444 g/mol. The molecule has 0 saturated carbocycles. The van der Waals surface area contributed by atoms with E-state index in [2.05, 4.69) is 5.32 Å². The van der Waals surface area contributed by atoms with Crippen molar-refractivity contribution < 1.29 is 32.2 Å². The molecule has 162 valence electrons. The third-order valence-electron chi connectivity index (χ3n) is 3.97. The van der Waals surface area contributed by atoms with E-state index in [1.54, 1.807) is 13.8 Å². The molecule has 2 aromatic rings. The molecule has 0 spiro atoms. The maximum absolute atomic E-state index is 13.0. The van der Waals surface area contributed by atoms with Crippen molar-refractivity contribution in [3.05, 3.63) is 64.7 Å². The smallest absolute Gasteiger partial charge is 0.416 e. The van der Waals surface area contributed by atoms with Crippen LogP contribution < -0.4 is 10.1 Å². The van der Waals surface area contributed by atoms with Gasteiger partial charge in [-0.15, -0.1) is 0 Å². The minimum atomic E-state index is -4.55. The van der Waals surface area contributed by atoms with Gasteiger partial charge in [-0.1, -0.05) is 43.6 Å². The molecule has 1 unspecified atom stereocenters. The van der Waals surface area contributed by atoms with Crippen molar-refractivity contribution in [3.8, 4) is 5.75 Å². The van der Waals surface area contributed by atoms with Crippen LogP contribution in [0.3, 0.4) is 0 Å². The summed E-state index contributed by atoms with van der Waals surface area (Å²) in [6, 6.07) is 10.3. The fourth-order valence-electron chi connectivity index (χ4n) is 2.38. The molecule has 9 heteroatoms. The Hall–Kier alpha value is -2.74. The van der Waals surface area contributed by atoms with E-state index in [0.29, 0.717) is 10.6 Å². The zero-order chi connectivity index (χ0) is 22.3. The van der Waals surface area contributed by atoms with Crippen molar-refractivity contribution >= 4 is 23.5 Å². The van der Waals surface area contributed by atoms with Gasteiger partial charge in [0.15, 0.2) is 0 Å². The highest BCUT2D eigenvalue weighted by molar-refractivity contribution is 6.30. The Morgan fingerprint density at radius 3 is 2.37 bits per heavy atom. The summed E-state index contributed by atoms with van der Waals surface area (Å²) in [7, 11) is 0. The molecule has 0 radical (unpaired) electrons. The molecule has 0 aliphatic carbocycles. The molecule has 5 nitrogen and oxygen atoms in total. The number of hydrogen-bond donors (Lipinski definition) is 1. The molecule has 1 atom stereocenters. The molecule has 1 amide bonds. The van der Waals surface area contributed by atoms with Crippen LogP contribution in [0.2, 0.25) is 5.02 Å². The number of carbonyl (C=O) groups is 2. The topological polar surface area (TPSA) is 64.6 Å². The molecule has 0 aliphatic rings. The molecule has 0 aliphatic heterocycles. The molecule has 0 aromatic heterocycles. The monoisotopic (exact) mass is 443 g/mol. The number of hydrogen-bond acceptors (Lipinski definition) is 4. The lowest BCUT2D eigenvalue weighted by Crippen LogP contribution is -2.32. The Morgan fingerprint density at radius 2 is 1.77 bits per heavy atom. The Bertz CT molecular complexity index is 869. The predicted octanol–water partition coefficient (Wildman–Crippen LogP) is 4.79. The zero-order valence-electron chi connectivity index (χ0n) is 16.3. The van der Waals surface area contributed by atoms with Crippen molar-refractivity contribution in [2.24, 2.45) is 5.92 Å². The third-order valence-corrected chi connectivity index (χ3v) is 4.22. The summed E-state index contributed by atoms with van der Waals surface area (Å²) in [5.74, 6) is -1.37. The Kier molecular flexibility index (Phi) is 8.11. The summed E-state index contributed by atoms with van der Waals surface area (Å²) in [5.41, 5.74) is -0.548. The van der Waals surface area contributed by atoms with E-state index in [1.165, 1.54) is 36.4 Å². The number of ether oxygens (including phenoxy) is 2. The van der Waals surface area contributed by atoms with Crippen molar-refractivity contribution in [1.82, 2.24) is 5.32 Å². The molecule has 0 saturated heterocycles. The van der Waals surface area contributed by atoms with Gasteiger partial charge in [0.2, 0.25) is 12.0 Å². The lowest BCUT2D eigenvalue weighted by Gasteiger charge is -2.19. The molecule has 0 bridgehead atoms. The minimum Gasteiger partial charge on any atom is -0.474 e. The quantitative estimate of drug-likeness (QED) is 0.470. The van der Waals surface area contributed by atoms with E-state index < -0.39 is 23.8 Å². The minimum absolute atomic E-state index is 0.0969. The van der Waals surface area contributed by atoms with E-state index in [-0.39, 0.29) is 30.7 Å². The van der Waals surface area contributed by atoms with Crippen molar-refractivity contribution in [1.29, 1.82) is 0 Å². The largest absolute Gasteiger partial charge is 0.474 e. The lowest BCUT2D eigenvalue weighted by atomic mass is 10.1. The molecule has 2 aromatic carbocycles. The van der Waals surface area contributed by atoms with E-state index in [1.807, 2.05) is 0 Å². The first-order chi connectivity index (χ1) is 14.1. The van der Waals surface area contributed by atoms with Crippen LogP contribution >= 0.6 is 11.6 Å². The number of esters is 1. The van der Waals surface area contributed by atoms with Gasteiger partial charge in [0.1, 0.15) is 12.4 Å². The number of alkyl halides is 3. The lowest BCUT2D eigenvalue weighted by molar-refractivity contribution is -0.152. The number of nitrogens with one attached hydrogen (secondary N) is 1. The van der Waals surface area contributed by atoms with Gasteiger partial charge in [0, 0.05) is 16.5 Å². The second kappa shape index (κ2) is 10.3. The first kappa shape index (κ1) is 23.5. The predicted molar refractivity (Wildman–Crippen MR) is 105 cm³/mol. The molecular formula is C21H21ClF3NO4. The summed E-state index contributed by atoms with van der Waals surface area (Å²) in [4.78, 5) is 24.1. The van der Waals surface area contributed by atoms with Crippen molar-refractivity contribution in [3.63, 3.8) is 0 Å². The van der Waals surface area contributed by atoms with Crippen molar-refractivity contribution in [2.75, 3.05) is 13.2 Å². The number of amides is 1. The van der Waals surface area contributed by atoms with E-state index in [0.717, 1.165) is 12.1 Å². The number of halogens is 4. The van der Waals surface area contributed by atoms with Crippen LogP contribution in [0.25, 0.3) is 0 Å². The third kappa shape index (κ3) is 6.95. The second-order valence-corrected chi connectivity index (χ2v) is 7.12. The number of benzene rings is 2. The molecule has 1 N–H and O–H groups in total. The second-order valence-electron chi connectivity index (χ2n) is 6.69. The van der Waals surface area contributed by atoms with Crippen LogP contribution in [-0.4, -0.2) is 25.0 Å². The first-order valence-corrected chi connectivity index (χ1v) is 9.49. The molecule has 2 rings (SSSR count). The summed E-state index contributed by atoms with van der Waals surface area (Å²) in [6.07, 6.45) is -5.86. The Morgan fingerprint density at radius 1 is 1.10 bits per heavy atom. The van der Waals surface area contributed by atoms with Crippen LogP contribution in [0.5, 0.6) is 5.75 Å². The SMILES string of the molecule is CC(C)C(=O)NCCOC(=O)C(Oc1cccc(C(F)(F)F)c1)c1ccc(Cl)cc1. The van der Waals surface area contributed by atoms with Crippen molar-refractivity contribution in [2.45, 2.75) is 26.1 Å².